The van der Waals surface area contributed by atoms with Crippen LogP contribution in [0.2, 0.25) is 0 Å². The summed E-state index contributed by atoms with van der Waals surface area (Å²) in [7, 11) is 0. The topological polar surface area (TPSA) is 67.2 Å². The summed E-state index contributed by atoms with van der Waals surface area (Å²) in [5.41, 5.74) is 2.41. The Morgan fingerprint density at radius 1 is 1.08 bits per heavy atom. The average Bonchev–Trinajstić information content (AvgIpc) is 3.23. The number of rotatable bonds is 2. The van der Waals surface area contributed by atoms with Crippen molar-refractivity contribution in [1.82, 2.24) is 19.2 Å². The molecule has 2 saturated heterocycles. The van der Waals surface area contributed by atoms with Crippen molar-refractivity contribution < 1.29 is 14.3 Å². The lowest BCUT2D eigenvalue weighted by atomic mass is 10.2. The Morgan fingerprint density at radius 3 is 2.69 bits per heavy atom. The molecule has 7 nitrogen and oxygen atoms in total. The zero-order valence-electron chi connectivity index (χ0n) is 15.1. The molecule has 2 aliphatic rings. The number of carbonyl (C=O) groups is 2. The molecule has 0 saturated carbocycles. The minimum atomic E-state index is -0.288. The molecule has 138 valence electrons. The van der Waals surface area contributed by atoms with Gasteiger partial charge < -0.3 is 18.9 Å². The molecule has 2 fully saturated rings. The van der Waals surface area contributed by atoms with Crippen LogP contribution < -0.4 is 0 Å². The number of hydrogen-bond acceptors (Lipinski definition) is 4. The van der Waals surface area contributed by atoms with Gasteiger partial charge in [0, 0.05) is 45.2 Å². The largest absolute Gasteiger partial charge is 0.368 e. The summed E-state index contributed by atoms with van der Waals surface area (Å²) < 4.78 is 7.40. The smallest absolute Gasteiger partial charge is 0.255 e. The van der Waals surface area contributed by atoms with E-state index in [9.17, 15) is 9.59 Å². The predicted octanol–water partition coefficient (Wildman–Crippen LogP) is 1.50. The summed E-state index contributed by atoms with van der Waals surface area (Å²) in [6.45, 7) is 5.07. The Labute approximate surface area is 152 Å². The summed E-state index contributed by atoms with van der Waals surface area (Å²) in [5.74, 6) is 0.0803. The molecular weight excluding hydrogens is 332 g/mol. The maximum absolute atomic E-state index is 12.9. The first-order valence-corrected chi connectivity index (χ1v) is 9.27. The van der Waals surface area contributed by atoms with Crippen LogP contribution in [-0.4, -0.2) is 69.9 Å². The molecule has 2 amide bonds. The second kappa shape index (κ2) is 7.07. The molecule has 4 rings (SSSR count). The van der Waals surface area contributed by atoms with Crippen molar-refractivity contribution in [2.75, 3.05) is 32.8 Å². The van der Waals surface area contributed by atoms with Gasteiger partial charge in [0.05, 0.1) is 11.3 Å². The minimum absolute atomic E-state index is 0.00432. The van der Waals surface area contributed by atoms with Crippen LogP contribution >= 0.6 is 0 Å². The molecule has 4 heterocycles. The van der Waals surface area contributed by atoms with Gasteiger partial charge in [-0.25, -0.2) is 4.98 Å². The quantitative estimate of drug-likeness (QED) is 0.818. The lowest BCUT2D eigenvalue weighted by Gasteiger charge is -2.24. The van der Waals surface area contributed by atoms with Crippen LogP contribution in [0.5, 0.6) is 0 Å². The van der Waals surface area contributed by atoms with Crippen LogP contribution in [0.15, 0.2) is 24.5 Å². The number of ether oxygens (including phenoxy) is 1. The summed E-state index contributed by atoms with van der Waals surface area (Å²) in [6.07, 6.45) is 6.00. The van der Waals surface area contributed by atoms with E-state index in [1.165, 1.54) is 0 Å². The highest BCUT2D eigenvalue weighted by Crippen LogP contribution is 2.17. The van der Waals surface area contributed by atoms with Crippen LogP contribution in [0.1, 0.15) is 35.3 Å². The zero-order valence-corrected chi connectivity index (χ0v) is 15.1. The molecule has 0 bridgehead atoms. The molecule has 0 aliphatic carbocycles. The Balaban J connectivity index is 1.44. The molecule has 0 N–H and O–H groups in total. The Morgan fingerprint density at radius 2 is 1.88 bits per heavy atom. The van der Waals surface area contributed by atoms with Gasteiger partial charge in [-0.2, -0.15) is 0 Å². The van der Waals surface area contributed by atoms with Gasteiger partial charge in [-0.05, 0) is 38.3 Å². The van der Waals surface area contributed by atoms with Crippen molar-refractivity contribution in [1.29, 1.82) is 0 Å². The van der Waals surface area contributed by atoms with Crippen molar-refractivity contribution in [3.63, 3.8) is 0 Å². The molecule has 7 heteroatoms. The van der Waals surface area contributed by atoms with Gasteiger partial charge in [0.2, 0.25) is 0 Å². The molecule has 0 spiro atoms. The van der Waals surface area contributed by atoms with E-state index in [4.69, 9.17) is 4.74 Å². The van der Waals surface area contributed by atoms with Crippen molar-refractivity contribution in [2.24, 2.45) is 0 Å². The highest BCUT2D eigenvalue weighted by atomic mass is 16.5. The normalized spacial score (nSPS) is 21.2. The fraction of sp³-hybridized carbons (Fsp3) is 0.526. The maximum atomic E-state index is 12.9. The molecule has 0 aromatic carbocycles. The molecule has 1 unspecified atom stereocenters. The number of aryl methyl sites for hydroxylation is 1. The van der Waals surface area contributed by atoms with Gasteiger partial charge in [0.1, 0.15) is 11.8 Å². The summed E-state index contributed by atoms with van der Waals surface area (Å²) >= 11 is 0. The summed E-state index contributed by atoms with van der Waals surface area (Å²) in [5, 5.41) is 0. The molecule has 1 atom stereocenters. The van der Waals surface area contributed by atoms with Crippen LogP contribution in [0.25, 0.3) is 5.65 Å². The van der Waals surface area contributed by atoms with Crippen LogP contribution in [0.4, 0.5) is 0 Å². The molecule has 26 heavy (non-hydrogen) atoms. The van der Waals surface area contributed by atoms with Crippen LogP contribution in [0, 0.1) is 6.92 Å². The lowest BCUT2D eigenvalue weighted by molar-refractivity contribution is -0.140. The first kappa shape index (κ1) is 17.0. The van der Waals surface area contributed by atoms with E-state index in [2.05, 4.69) is 4.98 Å². The van der Waals surface area contributed by atoms with Gasteiger partial charge in [0.15, 0.2) is 0 Å². The standard InChI is InChI=1S/C19H24N4O3/c1-14-12-23-13-15(5-6-17(23)20-14)18(24)21-7-3-8-22(10-9-21)19(25)16-4-2-11-26-16/h5-6,12-13,16H,2-4,7-11H2,1H3. The maximum Gasteiger partial charge on any atom is 0.255 e. The number of hydrogen-bond donors (Lipinski definition) is 0. The zero-order chi connectivity index (χ0) is 18.1. The van der Waals surface area contributed by atoms with Crippen molar-refractivity contribution in [2.45, 2.75) is 32.3 Å². The highest BCUT2D eigenvalue weighted by Gasteiger charge is 2.30. The molecule has 2 aromatic rings. The van der Waals surface area contributed by atoms with Gasteiger partial charge in [0.25, 0.3) is 11.8 Å². The van der Waals surface area contributed by atoms with E-state index >= 15 is 0 Å². The molecule has 0 radical (unpaired) electrons. The summed E-state index contributed by atoms with van der Waals surface area (Å²) in [4.78, 5) is 33.5. The van der Waals surface area contributed by atoms with Gasteiger partial charge in [-0.1, -0.05) is 0 Å². The summed E-state index contributed by atoms with van der Waals surface area (Å²) in [6, 6.07) is 3.69. The first-order chi connectivity index (χ1) is 12.6. The number of carbonyl (C=O) groups excluding carboxylic acids is 2. The highest BCUT2D eigenvalue weighted by molar-refractivity contribution is 5.94. The van der Waals surface area contributed by atoms with Crippen molar-refractivity contribution in [3.05, 3.63) is 35.8 Å². The SMILES string of the molecule is Cc1cn2cc(C(=O)N3CCCN(C(=O)C4CCCO4)CC3)ccc2n1. The van der Waals surface area contributed by atoms with Gasteiger partial charge in [-0.15, -0.1) is 0 Å². The third-order valence-electron chi connectivity index (χ3n) is 5.12. The number of amides is 2. The predicted molar refractivity (Wildman–Crippen MR) is 96.0 cm³/mol. The lowest BCUT2D eigenvalue weighted by Crippen LogP contribution is -2.41. The second-order valence-corrected chi connectivity index (χ2v) is 7.04. The van der Waals surface area contributed by atoms with E-state index in [-0.39, 0.29) is 17.9 Å². The van der Waals surface area contributed by atoms with Crippen LogP contribution in [-0.2, 0) is 9.53 Å². The number of aromatic nitrogens is 2. The monoisotopic (exact) mass is 356 g/mol. The Kier molecular flexibility index (Phi) is 4.63. The second-order valence-electron chi connectivity index (χ2n) is 7.04. The van der Waals surface area contributed by atoms with E-state index in [0.717, 1.165) is 30.6 Å². The average molecular weight is 356 g/mol. The Hall–Kier alpha value is -2.41. The third-order valence-corrected chi connectivity index (χ3v) is 5.12. The Bertz CT molecular complexity index is 825. The molecular formula is C19H24N4O3. The minimum Gasteiger partial charge on any atom is -0.368 e. The fourth-order valence-electron chi connectivity index (χ4n) is 3.74. The number of imidazole rings is 1. The fourth-order valence-corrected chi connectivity index (χ4v) is 3.74. The number of pyridine rings is 1. The van der Waals surface area contributed by atoms with Crippen molar-refractivity contribution >= 4 is 17.5 Å². The van der Waals surface area contributed by atoms with Gasteiger partial charge in [-0.3, -0.25) is 9.59 Å². The number of nitrogens with zero attached hydrogens (tertiary/aromatic N) is 4. The van der Waals surface area contributed by atoms with E-state index < -0.39 is 0 Å². The van der Waals surface area contributed by atoms with Crippen molar-refractivity contribution in [3.8, 4) is 0 Å². The van der Waals surface area contributed by atoms with E-state index in [0.29, 0.717) is 38.3 Å². The third kappa shape index (κ3) is 3.31. The number of fused-ring (bicyclic) bond motifs is 1. The molecule has 2 aromatic heterocycles. The van der Waals surface area contributed by atoms with Gasteiger partial charge >= 0.3 is 0 Å². The van der Waals surface area contributed by atoms with E-state index in [1.54, 1.807) is 0 Å². The van der Waals surface area contributed by atoms with E-state index in [1.807, 2.05) is 45.7 Å². The van der Waals surface area contributed by atoms with Crippen LogP contribution in [0.3, 0.4) is 0 Å². The first-order valence-electron chi connectivity index (χ1n) is 9.27. The molecule has 2 aliphatic heterocycles.